The van der Waals surface area contributed by atoms with Crippen LogP contribution in [0.1, 0.15) is 21.5 Å². The number of carbonyl (C=O) groups is 1. The number of aryl methyl sites for hydroxylation is 1. The van der Waals surface area contributed by atoms with E-state index in [1.807, 2.05) is 55.5 Å². The van der Waals surface area contributed by atoms with E-state index in [0.29, 0.717) is 12.1 Å². The van der Waals surface area contributed by atoms with Crippen LogP contribution in [0.3, 0.4) is 0 Å². The smallest absolute Gasteiger partial charge is 0.251 e. The van der Waals surface area contributed by atoms with E-state index in [0.717, 1.165) is 9.13 Å². The van der Waals surface area contributed by atoms with Gasteiger partial charge in [-0.05, 0) is 53.3 Å². The van der Waals surface area contributed by atoms with Gasteiger partial charge in [-0.2, -0.15) is 0 Å². The predicted molar refractivity (Wildman–Crippen MR) is 81.5 cm³/mol. The SMILES string of the molecule is Cc1ccc(CNC(=O)c2cccc(I)c2)cc1. The molecule has 0 saturated heterocycles. The molecular weight excluding hydrogens is 337 g/mol. The molecule has 0 atom stereocenters. The van der Waals surface area contributed by atoms with E-state index >= 15 is 0 Å². The zero-order valence-corrected chi connectivity index (χ0v) is 12.3. The monoisotopic (exact) mass is 351 g/mol. The van der Waals surface area contributed by atoms with Gasteiger partial charge in [-0.25, -0.2) is 0 Å². The molecule has 3 heteroatoms. The summed E-state index contributed by atoms with van der Waals surface area (Å²) in [5.74, 6) is -0.0332. The van der Waals surface area contributed by atoms with Crippen LogP contribution in [0.2, 0.25) is 0 Å². The lowest BCUT2D eigenvalue weighted by molar-refractivity contribution is 0.0951. The van der Waals surface area contributed by atoms with Crippen LogP contribution in [0.25, 0.3) is 0 Å². The Morgan fingerprint density at radius 3 is 2.56 bits per heavy atom. The van der Waals surface area contributed by atoms with Gasteiger partial charge in [-0.1, -0.05) is 35.9 Å². The number of nitrogens with one attached hydrogen (secondary N) is 1. The highest BCUT2D eigenvalue weighted by Crippen LogP contribution is 2.08. The molecule has 0 unspecified atom stereocenters. The number of amides is 1. The van der Waals surface area contributed by atoms with Crippen LogP contribution in [-0.4, -0.2) is 5.91 Å². The average molecular weight is 351 g/mol. The summed E-state index contributed by atoms with van der Waals surface area (Å²) in [6.45, 7) is 2.61. The summed E-state index contributed by atoms with van der Waals surface area (Å²) in [6, 6.07) is 15.7. The minimum atomic E-state index is -0.0332. The Kier molecular flexibility index (Phi) is 4.36. The van der Waals surface area contributed by atoms with E-state index in [1.165, 1.54) is 5.56 Å². The standard InChI is InChI=1S/C15H14INO/c1-11-5-7-12(8-6-11)10-17-15(18)13-3-2-4-14(16)9-13/h2-9H,10H2,1H3,(H,17,18). The van der Waals surface area contributed by atoms with Crippen molar-refractivity contribution in [2.24, 2.45) is 0 Å². The summed E-state index contributed by atoms with van der Waals surface area (Å²) < 4.78 is 1.07. The predicted octanol–water partition coefficient (Wildman–Crippen LogP) is 3.53. The van der Waals surface area contributed by atoms with E-state index < -0.39 is 0 Å². The molecule has 0 fully saturated rings. The first-order chi connectivity index (χ1) is 8.65. The molecule has 92 valence electrons. The summed E-state index contributed by atoms with van der Waals surface area (Å²) in [4.78, 5) is 11.9. The number of hydrogen-bond donors (Lipinski definition) is 1. The Balaban J connectivity index is 1.98. The fourth-order valence-corrected chi connectivity index (χ4v) is 2.16. The summed E-state index contributed by atoms with van der Waals surface area (Å²) in [7, 11) is 0. The highest BCUT2D eigenvalue weighted by molar-refractivity contribution is 14.1. The largest absolute Gasteiger partial charge is 0.348 e. The van der Waals surface area contributed by atoms with Gasteiger partial charge in [-0.3, -0.25) is 4.79 Å². The van der Waals surface area contributed by atoms with Gasteiger partial charge in [-0.15, -0.1) is 0 Å². The zero-order valence-electron chi connectivity index (χ0n) is 10.1. The van der Waals surface area contributed by atoms with Crippen LogP contribution in [0.4, 0.5) is 0 Å². The molecule has 2 aromatic rings. The summed E-state index contributed by atoms with van der Waals surface area (Å²) in [6.07, 6.45) is 0. The Bertz CT molecular complexity index is 549. The van der Waals surface area contributed by atoms with Gasteiger partial charge in [0.15, 0.2) is 0 Å². The third-order valence-corrected chi connectivity index (χ3v) is 3.33. The molecule has 0 aliphatic heterocycles. The Labute approximate surface area is 121 Å². The first-order valence-electron chi connectivity index (χ1n) is 5.74. The van der Waals surface area contributed by atoms with Crippen LogP contribution in [0.15, 0.2) is 48.5 Å². The molecule has 0 aliphatic rings. The molecular formula is C15H14INO. The summed E-state index contributed by atoms with van der Waals surface area (Å²) >= 11 is 2.20. The van der Waals surface area contributed by atoms with Gasteiger partial charge in [0.25, 0.3) is 5.91 Å². The van der Waals surface area contributed by atoms with Crippen LogP contribution in [-0.2, 0) is 6.54 Å². The number of halogens is 1. The van der Waals surface area contributed by atoms with E-state index in [4.69, 9.17) is 0 Å². The fourth-order valence-electron chi connectivity index (χ4n) is 1.62. The molecule has 2 aromatic carbocycles. The zero-order chi connectivity index (χ0) is 13.0. The lowest BCUT2D eigenvalue weighted by Gasteiger charge is -2.06. The van der Waals surface area contributed by atoms with Gasteiger partial charge in [0, 0.05) is 15.7 Å². The van der Waals surface area contributed by atoms with Crippen LogP contribution in [0, 0.1) is 10.5 Å². The lowest BCUT2D eigenvalue weighted by Crippen LogP contribution is -2.22. The highest BCUT2D eigenvalue weighted by atomic mass is 127. The molecule has 0 aliphatic carbocycles. The maximum Gasteiger partial charge on any atom is 0.251 e. The van der Waals surface area contributed by atoms with Crippen LogP contribution < -0.4 is 5.32 Å². The molecule has 18 heavy (non-hydrogen) atoms. The minimum absolute atomic E-state index is 0.0332. The minimum Gasteiger partial charge on any atom is -0.348 e. The normalized spacial score (nSPS) is 10.1. The Morgan fingerprint density at radius 1 is 1.17 bits per heavy atom. The molecule has 2 nitrogen and oxygen atoms in total. The fraction of sp³-hybridized carbons (Fsp3) is 0.133. The third-order valence-electron chi connectivity index (χ3n) is 2.66. The number of hydrogen-bond acceptors (Lipinski definition) is 1. The van der Waals surface area contributed by atoms with Crippen molar-refractivity contribution in [1.82, 2.24) is 5.32 Å². The summed E-state index contributed by atoms with van der Waals surface area (Å²) in [5, 5.41) is 2.92. The topological polar surface area (TPSA) is 29.1 Å². The second-order valence-electron chi connectivity index (χ2n) is 4.18. The van der Waals surface area contributed by atoms with E-state index in [9.17, 15) is 4.79 Å². The summed E-state index contributed by atoms with van der Waals surface area (Å²) in [5.41, 5.74) is 3.04. The van der Waals surface area contributed by atoms with E-state index in [2.05, 4.69) is 27.9 Å². The van der Waals surface area contributed by atoms with E-state index in [1.54, 1.807) is 0 Å². The molecule has 0 saturated carbocycles. The number of benzene rings is 2. The van der Waals surface area contributed by atoms with Gasteiger partial charge in [0.1, 0.15) is 0 Å². The number of rotatable bonds is 3. The van der Waals surface area contributed by atoms with Gasteiger partial charge < -0.3 is 5.32 Å². The molecule has 0 bridgehead atoms. The van der Waals surface area contributed by atoms with Gasteiger partial charge in [0.2, 0.25) is 0 Å². The maximum atomic E-state index is 11.9. The second kappa shape index (κ2) is 6.00. The van der Waals surface area contributed by atoms with Crippen molar-refractivity contribution in [3.05, 3.63) is 68.8 Å². The number of carbonyl (C=O) groups excluding carboxylic acids is 1. The molecule has 0 spiro atoms. The second-order valence-corrected chi connectivity index (χ2v) is 5.42. The molecule has 0 heterocycles. The Hall–Kier alpha value is -1.36. The van der Waals surface area contributed by atoms with Crippen LogP contribution >= 0.6 is 22.6 Å². The first-order valence-corrected chi connectivity index (χ1v) is 6.82. The molecule has 0 radical (unpaired) electrons. The average Bonchev–Trinajstić information content (AvgIpc) is 2.38. The first kappa shape index (κ1) is 13.1. The maximum absolute atomic E-state index is 11.9. The Morgan fingerprint density at radius 2 is 1.89 bits per heavy atom. The molecule has 0 aromatic heterocycles. The van der Waals surface area contributed by atoms with Gasteiger partial charge >= 0.3 is 0 Å². The molecule has 1 N–H and O–H groups in total. The lowest BCUT2D eigenvalue weighted by atomic mass is 10.1. The molecule has 2 rings (SSSR count). The van der Waals surface area contributed by atoms with Crippen LogP contribution in [0.5, 0.6) is 0 Å². The third kappa shape index (κ3) is 3.57. The quantitative estimate of drug-likeness (QED) is 0.843. The van der Waals surface area contributed by atoms with Crippen molar-refractivity contribution in [2.45, 2.75) is 13.5 Å². The highest BCUT2D eigenvalue weighted by Gasteiger charge is 2.04. The van der Waals surface area contributed by atoms with Crippen molar-refractivity contribution in [2.75, 3.05) is 0 Å². The van der Waals surface area contributed by atoms with Crippen molar-refractivity contribution in [3.63, 3.8) is 0 Å². The van der Waals surface area contributed by atoms with Crippen molar-refractivity contribution >= 4 is 28.5 Å². The van der Waals surface area contributed by atoms with E-state index in [-0.39, 0.29) is 5.91 Å². The van der Waals surface area contributed by atoms with Crippen molar-refractivity contribution in [3.8, 4) is 0 Å². The van der Waals surface area contributed by atoms with Crippen molar-refractivity contribution < 1.29 is 4.79 Å². The molecule has 1 amide bonds. The van der Waals surface area contributed by atoms with Gasteiger partial charge in [0.05, 0.1) is 0 Å². The van der Waals surface area contributed by atoms with Crippen molar-refractivity contribution in [1.29, 1.82) is 0 Å².